The second-order valence-corrected chi connectivity index (χ2v) is 13.2. The van der Waals surface area contributed by atoms with E-state index in [0.29, 0.717) is 0 Å². The van der Waals surface area contributed by atoms with Crippen LogP contribution in [0.4, 0.5) is 0 Å². The summed E-state index contributed by atoms with van der Waals surface area (Å²) >= 11 is 7.70. The SMILES string of the molecule is c1ccc2c(c1)sc1ccc3sc4ccc5sc6ccc7sc8ccccc8c7c6c5c4c3c12. The first kappa shape index (κ1) is 18.3. The molecule has 158 valence electrons. The smallest absolute Gasteiger partial charge is 0.0362 e. The van der Waals surface area contributed by atoms with E-state index in [9.17, 15) is 0 Å². The molecule has 0 unspecified atom stereocenters. The van der Waals surface area contributed by atoms with Gasteiger partial charge in [0.05, 0.1) is 0 Å². The van der Waals surface area contributed by atoms with Crippen LogP contribution in [0.2, 0.25) is 0 Å². The van der Waals surface area contributed by atoms with Crippen molar-refractivity contribution in [1.29, 1.82) is 0 Å². The second kappa shape index (κ2) is 6.35. The maximum Gasteiger partial charge on any atom is 0.0362 e. The Bertz CT molecular complexity index is 2120. The maximum absolute atomic E-state index is 2.35. The molecule has 0 aliphatic rings. The summed E-state index contributed by atoms with van der Waals surface area (Å²) in [6.45, 7) is 0. The van der Waals surface area contributed by atoms with Gasteiger partial charge in [0.2, 0.25) is 0 Å². The van der Waals surface area contributed by atoms with E-state index in [2.05, 4.69) is 84.9 Å². The van der Waals surface area contributed by atoms with E-state index >= 15 is 0 Å². The van der Waals surface area contributed by atoms with Crippen molar-refractivity contribution in [2.75, 3.05) is 0 Å². The Kier molecular flexibility index (Phi) is 3.42. The summed E-state index contributed by atoms with van der Waals surface area (Å²) in [4.78, 5) is 0. The van der Waals surface area contributed by atoms with Crippen molar-refractivity contribution in [3.05, 3.63) is 84.9 Å². The van der Waals surface area contributed by atoms with Crippen molar-refractivity contribution in [3.8, 4) is 0 Å². The zero-order valence-corrected chi connectivity index (χ0v) is 21.0. The van der Waals surface area contributed by atoms with Crippen LogP contribution < -0.4 is 0 Å². The summed E-state index contributed by atoms with van der Waals surface area (Å²) in [5, 5.41) is 11.4. The van der Waals surface area contributed by atoms with Gasteiger partial charge in [-0.05, 0) is 48.5 Å². The van der Waals surface area contributed by atoms with Crippen molar-refractivity contribution in [3.63, 3.8) is 0 Å². The maximum atomic E-state index is 2.35. The molecule has 0 N–H and O–H groups in total. The zero-order valence-electron chi connectivity index (χ0n) is 17.7. The number of fused-ring (bicyclic) bond motifs is 15. The van der Waals surface area contributed by atoms with Crippen LogP contribution in [0.5, 0.6) is 0 Å². The van der Waals surface area contributed by atoms with Crippen LogP contribution in [0, 0.1) is 0 Å². The van der Waals surface area contributed by atoms with Crippen LogP contribution >= 0.6 is 45.3 Å². The molecular formula is C30H14S4. The fourth-order valence-corrected chi connectivity index (χ4v) is 10.2. The van der Waals surface area contributed by atoms with Crippen molar-refractivity contribution in [2.45, 2.75) is 0 Å². The quantitative estimate of drug-likeness (QED) is 0.193. The molecule has 0 spiro atoms. The molecule has 4 heteroatoms. The summed E-state index contributed by atoms with van der Waals surface area (Å²) in [6, 6.07) is 31.8. The lowest BCUT2D eigenvalue weighted by molar-refractivity contribution is 1.87. The van der Waals surface area contributed by atoms with Gasteiger partial charge in [-0.1, -0.05) is 36.4 Å². The Morgan fingerprint density at radius 1 is 0.265 bits per heavy atom. The lowest BCUT2D eigenvalue weighted by Crippen LogP contribution is -1.75. The Labute approximate surface area is 209 Å². The third kappa shape index (κ3) is 2.18. The first-order valence-corrected chi connectivity index (χ1v) is 14.5. The molecule has 0 fully saturated rings. The van der Waals surface area contributed by atoms with Gasteiger partial charge >= 0.3 is 0 Å². The summed E-state index contributed by atoms with van der Waals surface area (Å²) < 4.78 is 11.1. The van der Waals surface area contributed by atoms with Crippen LogP contribution in [0.15, 0.2) is 84.9 Å². The predicted octanol–water partition coefficient (Wildman–Crippen LogP) is 11.2. The van der Waals surface area contributed by atoms with E-state index in [1.165, 1.54) is 80.7 Å². The second-order valence-electron chi connectivity index (χ2n) is 8.84. The molecule has 0 amide bonds. The normalized spacial score (nSPS) is 12.7. The molecule has 4 aromatic heterocycles. The van der Waals surface area contributed by atoms with Gasteiger partial charge in [0, 0.05) is 80.7 Å². The first-order valence-electron chi connectivity index (χ1n) is 11.3. The Hall–Kier alpha value is -3.02. The molecule has 4 heterocycles. The van der Waals surface area contributed by atoms with E-state index in [1.807, 2.05) is 45.3 Å². The average Bonchev–Trinajstić information content (AvgIpc) is 3.61. The van der Waals surface area contributed by atoms with E-state index in [1.54, 1.807) is 0 Å². The molecule has 0 bridgehead atoms. The number of thiophene rings is 4. The molecule has 0 aliphatic heterocycles. The van der Waals surface area contributed by atoms with Crippen molar-refractivity contribution in [2.24, 2.45) is 0 Å². The molecular weight excluding hydrogens is 489 g/mol. The van der Waals surface area contributed by atoms with E-state index in [4.69, 9.17) is 0 Å². The third-order valence-corrected chi connectivity index (χ3v) is 11.6. The Balaban J connectivity index is 1.64. The van der Waals surface area contributed by atoms with Crippen LogP contribution in [0.1, 0.15) is 0 Å². The van der Waals surface area contributed by atoms with Gasteiger partial charge in [-0.3, -0.25) is 0 Å². The van der Waals surface area contributed by atoms with E-state index in [0.717, 1.165) is 0 Å². The molecule has 0 nitrogen and oxygen atoms in total. The Morgan fingerprint density at radius 2 is 0.559 bits per heavy atom. The van der Waals surface area contributed by atoms with Crippen molar-refractivity contribution >= 4 is 126 Å². The minimum absolute atomic E-state index is 1.37. The molecule has 34 heavy (non-hydrogen) atoms. The first-order chi connectivity index (χ1) is 16.8. The highest BCUT2D eigenvalue weighted by atomic mass is 32.1. The van der Waals surface area contributed by atoms with Gasteiger partial charge in [-0.25, -0.2) is 0 Å². The molecule has 0 saturated carbocycles. The molecule has 0 radical (unpaired) electrons. The average molecular weight is 503 g/mol. The molecule has 0 atom stereocenters. The predicted molar refractivity (Wildman–Crippen MR) is 158 cm³/mol. The summed E-state index contributed by atoms with van der Waals surface area (Å²) in [5.74, 6) is 0. The van der Waals surface area contributed by atoms with Gasteiger partial charge in [-0.15, -0.1) is 45.3 Å². The van der Waals surface area contributed by atoms with Gasteiger partial charge in [0.15, 0.2) is 0 Å². The largest absolute Gasteiger partial charge is 0.135 e. The lowest BCUT2D eigenvalue weighted by atomic mass is 9.99. The standard InChI is InChI=1S/C30H14S4/c1-3-7-17-15(5-1)25-19(31-17)9-11-21-27(25)29-23(33-21)13-14-24-30(29)28-22(34-24)12-10-20-26(28)16-6-2-4-8-18(16)32-20/h1-14H. The lowest BCUT2D eigenvalue weighted by Gasteiger charge is -2.02. The molecule has 0 aliphatic carbocycles. The number of benzene rings is 5. The van der Waals surface area contributed by atoms with Crippen LogP contribution in [0.25, 0.3) is 80.7 Å². The Morgan fingerprint density at radius 3 is 0.971 bits per heavy atom. The molecule has 9 aromatic rings. The van der Waals surface area contributed by atoms with Crippen LogP contribution in [-0.2, 0) is 0 Å². The van der Waals surface area contributed by atoms with E-state index in [-0.39, 0.29) is 0 Å². The van der Waals surface area contributed by atoms with Crippen molar-refractivity contribution < 1.29 is 0 Å². The zero-order chi connectivity index (χ0) is 22.0. The highest BCUT2D eigenvalue weighted by molar-refractivity contribution is 7.30. The van der Waals surface area contributed by atoms with Gasteiger partial charge in [0.1, 0.15) is 0 Å². The highest BCUT2D eigenvalue weighted by Gasteiger charge is 2.20. The number of rotatable bonds is 0. The summed E-state index contributed by atoms with van der Waals surface area (Å²) in [7, 11) is 0. The molecule has 9 rings (SSSR count). The monoisotopic (exact) mass is 502 g/mol. The van der Waals surface area contributed by atoms with Gasteiger partial charge < -0.3 is 0 Å². The summed E-state index contributed by atoms with van der Waals surface area (Å²) in [6.07, 6.45) is 0. The fraction of sp³-hybridized carbons (Fsp3) is 0. The number of hydrogen-bond acceptors (Lipinski definition) is 4. The van der Waals surface area contributed by atoms with Gasteiger partial charge in [-0.2, -0.15) is 0 Å². The topological polar surface area (TPSA) is 0 Å². The fourth-order valence-electron chi connectivity index (χ4n) is 5.73. The summed E-state index contributed by atoms with van der Waals surface area (Å²) in [5.41, 5.74) is 0. The van der Waals surface area contributed by atoms with E-state index < -0.39 is 0 Å². The molecule has 0 saturated heterocycles. The van der Waals surface area contributed by atoms with Gasteiger partial charge in [0.25, 0.3) is 0 Å². The van der Waals surface area contributed by atoms with Crippen LogP contribution in [0.3, 0.4) is 0 Å². The third-order valence-electron chi connectivity index (χ3n) is 7.08. The minimum Gasteiger partial charge on any atom is -0.135 e. The van der Waals surface area contributed by atoms with Crippen LogP contribution in [-0.4, -0.2) is 0 Å². The van der Waals surface area contributed by atoms with Crippen molar-refractivity contribution in [1.82, 2.24) is 0 Å². The highest BCUT2D eigenvalue weighted by Crippen LogP contribution is 2.51. The number of hydrogen-bond donors (Lipinski definition) is 0. The minimum atomic E-state index is 1.37. The molecule has 5 aromatic carbocycles.